The molecule has 2 rings (SSSR count). The average molecular weight is 190 g/mol. The van der Waals surface area contributed by atoms with E-state index >= 15 is 0 Å². The highest BCUT2D eigenvalue weighted by atomic mass is 16.5. The Labute approximate surface area is 85.3 Å². The summed E-state index contributed by atoms with van der Waals surface area (Å²) < 4.78 is 5.85. The first-order valence-corrected chi connectivity index (χ1v) is 5.13. The van der Waals surface area contributed by atoms with Crippen molar-refractivity contribution in [2.75, 3.05) is 6.54 Å². The van der Waals surface area contributed by atoms with Crippen LogP contribution < -0.4 is 10.1 Å². The summed E-state index contributed by atoms with van der Waals surface area (Å²) in [4.78, 5) is 0. The molecule has 0 bridgehead atoms. The van der Waals surface area contributed by atoms with Gasteiger partial charge in [0.25, 0.3) is 0 Å². The minimum Gasteiger partial charge on any atom is -0.489 e. The lowest BCUT2D eigenvalue weighted by molar-refractivity contribution is 0.176. The van der Waals surface area contributed by atoms with Crippen molar-refractivity contribution in [1.29, 1.82) is 0 Å². The largest absolute Gasteiger partial charge is 0.489 e. The summed E-state index contributed by atoms with van der Waals surface area (Å²) >= 11 is 0. The number of rotatable bonds is 2. The van der Waals surface area contributed by atoms with Gasteiger partial charge in [0.2, 0.25) is 0 Å². The number of piperidine rings is 1. The van der Waals surface area contributed by atoms with Crippen molar-refractivity contribution in [3.05, 3.63) is 36.4 Å². The van der Waals surface area contributed by atoms with Gasteiger partial charge in [0, 0.05) is 13.1 Å². The second-order valence-electron chi connectivity index (χ2n) is 3.75. The summed E-state index contributed by atoms with van der Waals surface area (Å²) in [6.45, 7) is 5.11. The summed E-state index contributed by atoms with van der Waals surface area (Å²) in [6, 6.07) is 8.22. The second kappa shape index (κ2) is 4.47. The van der Waals surface area contributed by atoms with Crippen molar-refractivity contribution in [3.8, 4) is 5.75 Å². The van der Waals surface area contributed by atoms with Crippen LogP contribution in [0.25, 0.3) is 0 Å². The maximum Gasteiger partial charge on any atom is 0.120 e. The molecule has 1 aliphatic rings. The molecule has 0 aliphatic carbocycles. The zero-order valence-corrected chi connectivity index (χ0v) is 8.49. The van der Waals surface area contributed by atoms with E-state index in [9.17, 15) is 0 Å². The Bertz CT molecular complexity index is 292. The molecule has 14 heavy (non-hydrogen) atoms. The van der Waals surface area contributed by atoms with Crippen LogP contribution in [0, 0.1) is 13.5 Å². The molecule has 0 spiro atoms. The van der Waals surface area contributed by atoms with Crippen LogP contribution in [0.15, 0.2) is 24.3 Å². The van der Waals surface area contributed by atoms with Gasteiger partial charge in [0.05, 0.1) is 0 Å². The molecular weight excluding hydrogens is 174 g/mol. The summed E-state index contributed by atoms with van der Waals surface area (Å²) in [5.74, 6) is 0.985. The number of aryl methyl sites for hydroxylation is 1. The van der Waals surface area contributed by atoms with Crippen molar-refractivity contribution in [3.63, 3.8) is 0 Å². The van der Waals surface area contributed by atoms with Gasteiger partial charge in [-0.25, -0.2) is 0 Å². The Morgan fingerprint density at radius 2 is 2.36 bits per heavy atom. The quantitative estimate of drug-likeness (QED) is 0.772. The summed E-state index contributed by atoms with van der Waals surface area (Å²) in [5, 5.41) is 3.22. The number of benzene rings is 1. The fourth-order valence-electron chi connectivity index (χ4n) is 1.67. The van der Waals surface area contributed by atoms with Crippen molar-refractivity contribution in [1.82, 2.24) is 5.32 Å². The highest BCUT2D eigenvalue weighted by Crippen LogP contribution is 2.17. The number of nitrogens with one attached hydrogen (secondary N) is 1. The normalized spacial score (nSPS) is 21.9. The predicted molar refractivity (Wildman–Crippen MR) is 57.1 cm³/mol. The highest BCUT2D eigenvalue weighted by Gasteiger charge is 2.14. The Morgan fingerprint density at radius 3 is 3.07 bits per heavy atom. The molecule has 1 saturated heterocycles. The van der Waals surface area contributed by atoms with Crippen LogP contribution in [0.2, 0.25) is 0 Å². The molecule has 75 valence electrons. The SMILES string of the molecule is Cc1cccc(OC2CC[CH]NC2)c1. The van der Waals surface area contributed by atoms with Gasteiger partial charge in [-0.15, -0.1) is 0 Å². The van der Waals surface area contributed by atoms with Crippen molar-refractivity contribution in [2.24, 2.45) is 0 Å². The van der Waals surface area contributed by atoms with Crippen molar-refractivity contribution < 1.29 is 4.74 Å². The van der Waals surface area contributed by atoms with E-state index < -0.39 is 0 Å². The van der Waals surface area contributed by atoms with E-state index in [-0.39, 0.29) is 0 Å². The zero-order chi connectivity index (χ0) is 9.80. The van der Waals surface area contributed by atoms with Gasteiger partial charge in [-0.3, -0.25) is 0 Å². The van der Waals surface area contributed by atoms with E-state index in [0.717, 1.165) is 25.1 Å². The molecular formula is C12H16NO. The van der Waals surface area contributed by atoms with E-state index in [2.05, 4.69) is 30.9 Å². The first kappa shape index (κ1) is 9.53. The van der Waals surface area contributed by atoms with Crippen LogP contribution >= 0.6 is 0 Å². The summed E-state index contributed by atoms with van der Waals surface area (Å²) in [6.07, 6.45) is 2.53. The lowest BCUT2D eigenvalue weighted by Crippen LogP contribution is -2.34. The second-order valence-corrected chi connectivity index (χ2v) is 3.75. The third-order valence-corrected chi connectivity index (χ3v) is 2.42. The molecule has 1 unspecified atom stereocenters. The van der Waals surface area contributed by atoms with Crippen LogP contribution in [0.3, 0.4) is 0 Å². The first-order chi connectivity index (χ1) is 6.84. The van der Waals surface area contributed by atoms with Gasteiger partial charge in [-0.05, 0) is 37.5 Å². The molecule has 1 aromatic carbocycles. The fraction of sp³-hybridized carbons (Fsp3) is 0.417. The average Bonchev–Trinajstić information content (AvgIpc) is 2.19. The third kappa shape index (κ3) is 2.48. The summed E-state index contributed by atoms with van der Waals surface area (Å²) in [7, 11) is 0. The lowest BCUT2D eigenvalue weighted by atomic mass is 10.1. The Morgan fingerprint density at radius 1 is 1.43 bits per heavy atom. The minimum absolute atomic E-state index is 0.321. The Kier molecular flexibility index (Phi) is 3.04. The van der Waals surface area contributed by atoms with Crippen molar-refractivity contribution in [2.45, 2.75) is 25.9 Å². The standard InChI is InChI=1S/C12H16NO/c1-10-4-2-5-11(8-10)14-12-6-3-7-13-9-12/h2,4-5,7-8,12-13H,3,6,9H2,1H3. The Hall–Kier alpha value is -1.02. The van der Waals surface area contributed by atoms with Gasteiger partial charge in [-0.2, -0.15) is 0 Å². The van der Waals surface area contributed by atoms with Crippen LogP contribution in [0.1, 0.15) is 18.4 Å². The molecule has 0 amide bonds. The molecule has 0 aromatic heterocycles. The van der Waals surface area contributed by atoms with E-state index in [1.165, 1.54) is 5.56 Å². The minimum atomic E-state index is 0.321. The van der Waals surface area contributed by atoms with E-state index in [1.807, 2.05) is 12.1 Å². The van der Waals surface area contributed by atoms with Crippen LogP contribution in [0.5, 0.6) is 5.75 Å². The topological polar surface area (TPSA) is 21.3 Å². The van der Waals surface area contributed by atoms with Gasteiger partial charge in [0.15, 0.2) is 0 Å². The van der Waals surface area contributed by atoms with Gasteiger partial charge in [-0.1, -0.05) is 12.1 Å². The van der Waals surface area contributed by atoms with Gasteiger partial charge >= 0.3 is 0 Å². The van der Waals surface area contributed by atoms with Crippen LogP contribution in [-0.2, 0) is 0 Å². The van der Waals surface area contributed by atoms with Crippen LogP contribution in [-0.4, -0.2) is 12.6 Å². The first-order valence-electron chi connectivity index (χ1n) is 5.13. The van der Waals surface area contributed by atoms with Crippen molar-refractivity contribution >= 4 is 0 Å². The zero-order valence-electron chi connectivity index (χ0n) is 8.49. The van der Waals surface area contributed by atoms with E-state index in [0.29, 0.717) is 6.10 Å². The smallest absolute Gasteiger partial charge is 0.120 e. The molecule has 1 fully saturated rings. The molecule has 2 nitrogen and oxygen atoms in total. The molecule has 1 N–H and O–H groups in total. The van der Waals surface area contributed by atoms with E-state index in [1.54, 1.807) is 0 Å². The molecule has 1 aromatic rings. The van der Waals surface area contributed by atoms with Gasteiger partial charge in [0.1, 0.15) is 11.9 Å². The fourth-order valence-corrected chi connectivity index (χ4v) is 1.67. The summed E-state index contributed by atoms with van der Waals surface area (Å²) in [5.41, 5.74) is 1.25. The molecule has 1 atom stereocenters. The molecule has 1 radical (unpaired) electrons. The van der Waals surface area contributed by atoms with E-state index in [4.69, 9.17) is 4.74 Å². The highest BCUT2D eigenvalue weighted by molar-refractivity contribution is 5.27. The number of hydrogen-bond donors (Lipinski definition) is 1. The molecule has 0 saturated carbocycles. The monoisotopic (exact) mass is 190 g/mol. The number of hydrogen-bond acceptors (Lipinski definition) is 2. The molecule has 1 heterocycles. The van der Waals surface area contributed by atoms with Gasteiger partial charge < -0.3 is 10.1 Å². The maximum absolute atomic E-state index is 5.85. The molecule has 1 aliphatic heterocycles. The molecule has 2 heteroatoms. The predicted octanol–water partition coefficient (Wildman–Crippen LogP) is 2.29. The lowest BCUT2D eigenvalue weighted by Gasteiger charge is -2.23. The Balaban J connectivity index is 1.95. The van der Waals surface area contributed by atoms with Crippen LogP contribution in [0.4, 0.5) is 0 Å². The third-order valence-electron chi connectivity index (χ3n) is 2.42. The maximum atomic E-state index is 5.85. The number of ether oxygens (including phenoxy) is 1.